The highest BCUT2D eigenvalue weighted by molar-refractivity contribution is 5.64. The molecule has 2 aromatic rings. The minimum atomic E-state index is -1.30. The van der Waals surface area contributed by atoms with Crippen LogP contribution in [-0.4, -0.2) is 32.1 Å². The van der Waals surface area contributed by atoms with Gasteiger partial charge in [-0.15, -0.1) is 0 Å². The average Bonchev–Trinajstić information content (AvgIpc) is 2.85. The highest BCUT2D eigenvalue weighted by Gasteiger charge is 2.10. The van der Waals surface area contributed by atoms with Crippen LogP contribution in [-0.2, 0) is 6.54 Å². The number of benzene rings is 1. The summed E-state index contributed by atoms with van der Waals surface area (Å²) in [6, 6.07) is 5.20. The molecule has 0 aliphatic carbocycles. The van der Waals surface area contributed by atoms with Crippen LogP contribution in [0.15, 0.2) is 47.3 Å². The Kier molecular flexibility index (Phi) is 4.66. The number of nitrogens with zero attached hydrogens (tertiary/aromatic N) is 3. The second kappa shape index (κ2) is 6.66. The quantitative estimate of drug-likeness (QED) is 0.871. The number of hydrogen-bond acceptors (Lipinski definition) is 3. The molecule has 0 aliphatic heterocycles. The number of halogens is 2. The van der Waals surface area contributed by atoms with E-state index in [9.17, 15) is 18.4 Å². The Balaban J connectivity index is 2.19. The van der Waals surface area contributed by atoms with Crippen LogP contribution in [0.25, 0.3) is 5.69 Å². The minimum Gasteiger partial charge on any atom is -0.465 e. The van der Waals surface area contributed by atoms with Crippen molar-refractivity contribution >= 4 is 6.09 Å². The lowest BCUT2D eigenvalue weighted by Crippen LogP contribution is -2.29. The van der Waals surface area contributed by atoms with Crippen LogP contribution in [0.1, 0.15) is 0 Å². The summed E-state index contributed by atoms with van der Waals surface area (Å²) < 4.78 is 27.7. The van der Waals surface area contributed by atoms with E-state index in [1.807, 2.05) is 5.32 Å². The topological polar surface area (TPSA) is 89.2 Å². The second-order valence-electron chi connectivity index (χ2n) is 4.34. The molecule has 0 radical (unpaired) electrons. The van der Waals surface area contributed by atoms with Crippen molar-refractivity contribution in [2.75, 3.05) is 6.54 Å². The smallest absolute Gasteiger partial charge is 0.404 e. The Hall–Kier alpha value is -2.97. The van der Waals surface area contributed by atoms with Gasteiger partial charge in [-0.3, -0.25) is 0 Å². The van der Waals surface area contributed by atoms with Crippen LogP contribution >= 0.6 is 0 Å². The molecule has 22 heavy (non-hydrogen) atoms. The third kappa shape index (κ3) is 3.57. The zero-order valence-corrected chi connectivity index (χ0v) is 11.2. The molecular formula is C13H12F2N4O3. The van der Waals surface area contributed by atoms with Crippen LogP contribution in [0, 0.1) is 5.82 Å². The zero-order valence-electron chi connectivity index (χ0n) is 11.2. The third-order valence-electron chi connectivity index (χ3n) is 2.81. The maximum absolute atomic E-state index is 12.9. The standard InChI is InChI=1S/C13H12F2N4O3/c14-5-9(6-16-12(20)21)7-19-13(22)18(8-17-19)11-3-1-10(15)2-4-11/h1-5,8,16H,6-7H2,(H,20,21). The number of amides is 1. The second-order valence-corrected chi connectivity index (χ2v) is 4.34. The summed E-state index contributed by atoms with van der Waals surface area (Å²) in [5.74, 6) is -0.438. The van der Waals surface area contributed by atoms with E-state index < -0.39 is 17.6 Å². The Morgan fingerprint density at radius 2 is 2.05 bits per heavy atom. The first kappa shape index (κ1) is 15.4. The van der Waals surface area contributed by atoms with E-state index >= 15 is 0 Å². The van der Waals surface area contributed by atoms with E-state index in [4.69, 9.17) is 5.11 Å². The Morgan fingerprint density at radius 1 is 1.36 bits per heavy atom. The molecule has 0 atom stereocenters. The van der Waals surface area contributed by atoms with Crippen molar-refractivity contribution in [1.82, 2.24) is 19.7 Å². The molecule has 1 aromatic carbocycles. The molecule has 2 rings (SSSR count). The van der Waals surface area contributed by atoms with Crippen molar-refractivity contribution in [2.45, 2.75) is 6.54 Å². The Bertz CT molecular complexity index is 749. The predicted molar refractivity (Wildman–Crippen MR) is 73.0 cm³/mol. The number of hydrogen-bond donors (Lipinski definition) is 2. The molecule has 0 saturated carbocycles. The maximum Gasteiger partial charge on any atom is 0.404 e. The fourth-order valence-corrected chi connectivity index (χ4v) is 1.73. The number of aromatic nitrogens is 3. The first-order valence-corrected chi connectivity index (χ1v) is 6.16. The van der Waals surface area contributed by atoms with Gasteiger partial charge in [0.05, 0.1) is 18.6 Å². The lowest BCUT2D eigenvalue weighted by Gasteiger charge is -2.05. The normalized spacial score (nSPS) is 11.5. The molecule has 1 heterocycles. The van der Waals surface area contributed by atoms with Crippen molar-refractivity contribution in [3.8, 4) is 5.69 Å². The predicted octanol–water partition coefficient (Wildman–Crippen LogP) is 1.29. The molecule has 7 nitrogen and oxygen atoms in total. The van der Waals surface area contributed by atoms with Crippen molar-refractivity contribution in [1.29, 1.82) is 0 Å². The molecule has 1 aromatic heterocycles. The SMILES string of the molecule is O=C(O)NCC(=CF)Cn1ncn(-c2ccc(F)cc2)c1=O. The van der Waals surface area contributed by atoms with E-state index in [0.29, 0.717) is 5.69 Å². The highest BCUT2D eigenvalue weighted by Crippen LogP contribution is 2.06. The molecule has 0 saturated heterocycles. The molecular weight excluding hydrogens is 298 g/mol. The van der Waals surface area contributed by atoms with Crippen molar-refractivity contribution in [2.24, 2.45) is 0 Å². The lowest BCUT2D eigenvalue weighted by molar-refractivity contribution is 0.195. The van der Waals surface area contributed by atoms with Gasteiger partial charge in [0.1, 0.15) is 12.1 Å². The largest absolute Gasteiger partial charge is 0.465 e. The van der Waals surface area contributed by atoms with Crippen LogP contribution in [0.2, 0.25) is 0 Å². The number of rotatable bonds is 5. The van der Waals surface area contributed by atoms with Gasteiger partial charge in [-0.1, -0.05) is 0 Å². The Labute approximate surface area is 123 Å². The van der Waals surface area contributed by atoms with Gasteiger partial charge in [0.15, 0.2) is 0 Å². The number of nitrogens with one attached hydrogen (secondary N) is 1. The molecule has 1 amide bonds. The van der Waals surface area contributed by atoms with Crippen molar-refractivity contribution < 1.29 is 18.7 Å². The summed E-state index contributed by atoms with van der Waals surface area (Å²) in [7, 11) is 0. The van der Waals surface area contributed by atoms with Crippen molar-refractivity contribution in [3.63, 3.8) is 0 Å². The van der Waals surface area contributed by atoms with Gasteiger partial charge in [-0.25, -0.2) is 27.6 Å². The summed E-state index contributed by atoms with van der Waals surface area (Å²) >= 11 is 0. The van der Waals surface area contributed by atoms with Gasteiger partial charge in [0, 0.05) is 6.54 Å². The molecule has 0 unspecified atom stereocenters. The highest BCUT2D eigenvalue weighted by atomic mass is 19.1. The minimum absolute atomic E-state index is 0.0360. The molecule has 9 heteroatoms. The summed E-state index contributed by atoms with van der Waals surface area (Å²) in [5.41, 5.74) is -0.109. The van der Waals surface area contributed by atoms with Crippen LogP contribution in [0.5, 0.6) is 0 Å². The van der Waals surface area contributed by atoms with E-state index in [2.05, 4.69) is 5.10 Å². The molecule has 0 aliphatic rings. The van der Waals surface area contributed by atoms with Gasteiger partial charge in [-0.2, -0.15) is 5.10 Å². The lowest BCUT2D eigenvalue weighted by atomic mass is 10.3. The maximum atomic E-state index is 12.9. The average molecular weight is 310 g/mol. The van der Waals surface area contributed by atoms with Crippen LogP contribution in [0.3, 0.4) is 0 Å². The summed E-state index contributed by atoms with van der Waals surface area (Å²) in [4.78, 5) is 22.5. The molecule has 0 spiro atoms. The monoisotopic (exact) mass is 310 g/mol. The summed E-state index contributed by atoms with van der Waals surface area (Å²) in [6.07, 6.45) is 0.138. The van der Waals surface area contributed by atoms with Gasteiger partial charge in [0.25, 0.3) is 0 Å². The number of carboxylic acid groups (broad SMARTS) is 1. The Morgan fingerprint density at radius 3 is 2.64 bits per heavy atom. The van der Waals surface area contributed by atoms with Crippen LogP contribution < -0.4 is 11.0 Å². The first-order chi connectivity index (χ1) is 10.5. The molecule has 0 bridgehead atoms. The van der Waals surface area contributed by atoms with Gasteiger partial charge < -0.3 is 10.4 Å². The first-order valence-electron chi connectivity index (χ1n) is 6.16. The summed E-state index contributed by atoms with van der Waals surface area (Å²) in [6.45, 7) is -0.467. The van der Waals surface area contributed by atoms with E-state index in [0.717, 1.165) is 4.68 Å². The number of carbonyl (C=O) groups is 1. The fraction of sp³-hybridized carbons (Fsp3) is 0.154. The van der Waals surface area contributed by atoms with E-state index in [1.54, 1.807) is 0 Å². The summed E-state index contributed by atoms with van der Waals surface area (Å²) in [5, 5.41) is 14.3. The third-order valence-corrected chi connectivity index (χ3v) is 2.81. The fourth-order valence-electron chi connectivity index (χ4n) is 1.73. The molecule has 116 valence electrons. The molecule has 2 N–H and O–H groups in total. The van der Waals surface area contributed by atoms with Gasteiger partial charge in [0.2, 0.25) is 0 Å². The molecule has 0 fully saturated rings. The zero-order chi connectivity index (χ0) is 16.1. The van der Waals surface area contributed by atoms with Crippen molar-refractivity contribution in [3.05, 3.63) is 58.8 Å². The van der Waals surface area contributed by atoms with Gasteiger partial charge >= 0.3 is 11.8 Å². The van der Waals surface area contributed by atoms with Crippen LogP contribution in [0.4, 0.5) is 13.6 Å². The van der Waals surface area contributed by atoms with E-state index in [-0.39, 0.29) is 25.0 Å². The van der Waals surface area contributed by atoms with E-state index in [1.165, 1.54) is 35.2 Å². The van der Waals surface area contributed by atoms with Gasteiger partial charge in [-0.05, 0) is 29.8 Å².